The molecular formula is C27H29BrN6O2. The van der Waals surface area contributed by atoms with Gasteiger partial charge in [0.1, 0.15) is 11.4 Å². The average molecular weight is 549 g/mol. The number of anilines is 1. The van der Waals surface area contributed by atoms with Crippen molar-refractivity contribution >= 4 is 38.6 Å². The highest BCUT2D eigenvalue weighted by molar-refractivity contribution is 9.10. The van der Waals surface area contributed by atoms with Crippen LogP contribution in [0.4, 0.5) is 10.6 Å². The lowest BCUT2D eigenvalue weighted by atomic mass is 10.0. The van der Waals surface area contributed by atoms with Crippen LogP contribution in [0.1, 0.15) is 39.7 Å². The molecule has 0 unspecified atom stereocenters. The Bertz CT molecular complexity index is 1420. The predicted molar refractivity (Wildman–Crippen MR) is 144 cm³/mol. The molecule has 4 heterocycles. The largest absolute Gasteiger partial charge is 0.444 e. The van der Waals surface area contributed by atoms with Gasteiger partial charge in [0.05, 0.1) is 17.9 Å². The molecule has 2 N–H and O–H groups in total. The summed E-state index contributed by atoms with van der Waals surface area (Å²) in [6.45, 7) is 6.94. The van der Waals surface area contributed by atoms with Gasteiger partial charge in [0.2, 0.25) is 0 Å². The van der Waals surface area contributed by atoms with Crippen molar-refractivity contribution in [3.8, 4) is 22.4 Å². The predicted octanol–water partition coefficient (Wildman–Crippen LogP) is 6.08. The van der Waals surface area contributed by atoms with Gasteiger partial charge >= 0.3 is 6.09 Å². The van der Waals surface area contributed by atoms with Gasteiger partial charge in [-0.25, -0.2) is 9.78 Å². The van der Waals surface area contributed by atoms with Crippen LogP contribution in [-0.2, 0) is 4.74 Å². The summed E-state index contributed by atoms with van der Waals surface area (Å²) < 4.78 is 8.50. The summed E-state index contributed by atoms with van der Waals surface area (Å²) in [6.07, 6.45) is 8.89. The zero-order valence-corrected chi connectivity index (χ0v) is 22.2. The Morgan fingerprint density at radius 3 is 2.61 bits per heavy atom. The molecule has 1 aliphatic rings. The van der Waals surface area contributed by atoms with Crippen LogP contribution in [0.2, 0.25) is 0 Å². The second-order valence-corrected chi connectivity index (χ2v) is 10.9. The van der Waals surface area contributed by atoms with Gasteiger partial charge in [-0.1, -0.05) is 28.1 Å². The lowest BCUT2D eigenvalue weighted by Crippen LogP contribution is -2.42. The van der Waals surface area contributed by atoms with Crippen LogP contribution in [0.3, 0.4) is 0 Å². The highest BCUT2D eigenvalue weighted by Gasteiger charge is 2.28. The molecule has 0 radical (unpaired) electrons. The number of likely N-dealkylation sites (tertiary alicyclic amines) is 1. The maximum Gasteiger partial charge on any atom is 0.410 e. The molecule has 1 aliphatic heterocycles. The van der Waals surface area contributed by atoms with Crippen LogP contribution >= 0.6 is 15.9 Å². The first kappa shape index (κ1) is 24.2. The Morgan fingerprint density at radius 2 is 1.86 bits per heavy atom. The smallest absolute Gasteiger partial charge is 0.410 e. The van der Waals surface area contributed by atoms with Crippen molar-refractivity contribution in [3.05, 3.63) is 59.6 Å². The molecule has 36 heavy (non-hydrogen) atoms. The Hall–Kier alpha value is -3.46. The van der Waals surface area contributed by atoms with Crippen molar-refractivity contribution < 1.29 is 9.53 Å². The number of piperidine rings is 1. The van der Waals surface area contributed by atoms with E-state index in [1.165, 1.54) is 0 Å². The molecule has 4 aromatic rings. The van der Waals surface area contributed by atoms with Crippen LogP contribution < -0.4 is 5.73 Å². The number of pyridine rings is 2. The maximum atomic E-state index is 12.4. The molecule has 0 bridgehead atoms. The van der Waals surface area contributed by atoms with Gasteiger partial charge in [-0.3, -0.25) is 9.67 Å². The SMILES string of the molecule is CC(C)(C)OC(=O)N1CCC(n2cc(-c3cnc(N)c(-c4cc5c(Br)cccc5cn4)c3)cn2)CC1. The summed E-state index contributed by atoms with van der Waals surface area (Å²) in [5.41, 5.74) is 9.19. The van der Waals surface area contributed by atoms with E-state index in [2.05, 4.69) is 31.0 Å². The summed E-state index contributed by atoms with van der Waals surface area (Å²) in [7, 11) is 0. The number of hydrogen-bond acceptors (Lipinski definition) is 6. The molecule has 0 spiro atoms. The zero-order valence-electron chi connectivity index (χ0n) is 20.6. The third kappa shape index (κ3) is 5.06. The standard InChI is InChI=1S/C27H29BrN6O2/c1-27(2,3)36-26(35)33-9-7-20(8-10-33)34-16-19(15-32-34)18-11-22(25(29)31-14-18)24-12-21-17(13-30-24)5-4-6-23(21)28/h4-6,11-16,20H,7-10H2,1-3H3,(H2,29,31). The summed E-state index contributed by atoms with van der Waals surface area (Å²) in [5, 5.41) is 6.74. The number of hydrogen-bond donors (Lipinski definition) is 1. The van der Waals surface area contributed by atoms with E-state index >= 15 is 0 Å². The van der Waals surface area contributed by atoms with Crippen LogP contribution in [0.15, 0.2) is 59.6 Å². The molecule has 0 aliphatic carbocycles. The lowest BCUT2D eigenvalue weighted by Gasteiger charge is -2.33. The Morgan fingerprint density at radius 1 is 1.08 bits per heavy atom. The topological polar surface area (TPSA) is 99.2 Å². The Balaban J connectivity index is 1.34. The summed E-state index contributed by atoms with van der Waals surface area (Å²) in [4.78, 5) is 23.2. The van der Waals surface area contributed by atoms with Crippen molar-refractivity contribution in [2.24, 2.45) is 0 Å². The highest BCUT2D eigenvalue weighted by Crippen LogP contribution is 2.33. The van der Waals surface area contributed by atoms with Gasteiger partial charge in [0, 0.05) is 58.2 Å². The van der Waals surface area contributed by atoms with Gasteiger partial charge < -0.3 is 15.4 Å². The molecule has 0 saturated carbocycles. The van der Waals surface area contributed by atoms with E-state index in [-0.39, 0.29) is 12.1 Å². The van der Waals surface area contributed by atoms with Crippen molar-refractivity contribution in [1.82, 2.24) is 24.6 Å². The van der Waals surface area contributed by atoms with E-state index < -0.39 is 5.60 Å². The number of benzene rings is 1. The Labute approximate surface area is 218 Å². The third-order valence-electron chi connectivity index (χ3n) is 6.33. The minimum atomic E-state index is -0.490. The second kappa shape index (κ2) is 9.54. The first-order valence-corrected chi connectivity index (χ1v) is 12.8. The number of rotatable bonds is 3. The number of nitrogen functional groups attached to an aromatic ring is 1. The van der Waals surface area contributed by atoms with Crippen molar-refractivity contribution in [2.75, 3.05) is 18.8 Å². The molecule has 1 amide bonds. The maximum absolute atomic E-state index is 12.4. The first-order valence-electron chi connectivity index (χ1n) is 12.0. The van der Waals surface area contributed by atoms with E-state index in [1.807, 2.05) is 74.4 Å². The van der Waals surface area contributed by atoms with E-state index in [0.29, 0.717) is 18.9 Å². The zero-order chi connectivity index (χ0) is 25.4. The number of aromatic nitrogens is 4. The molecular weight excluding hydrogens is 520 g/mol. The monoisotopic (exact) mass is 548 g/mol. The minimum Gasteiger partial charge on any atom is -0.444 e. The Kier molecular flexibility index (Phi) is 6.42. The summed E-state index contributed by atoms with van der Waals surface area (Å²) in [6, 6.07) is 10.3. The molecule has 1 fully saturated rings. The van der Waals surface area contributed by atoms with Crippen LogP contribution in [0, 0.1) is 0 Å². The molecule has 9 heteroatoms. The third-order valence-corrected chi connectivity index (χ3v) is 7.02. The van der Waals surface area contributed by atoms with E-state index in [1.54, 1.807) is 11.1 Å². The number of nitrogens with two attached hydrogens (primary N) is 1. The molecule has 8 nitrogen and oxygen atoms in total. The molecule has 3 aromatic heterocycles. The molecule has 5 rings (SSSR count). The number of amides is 1. The quantitative estimate of drug-likeness (QED) is 0.333. The van der Waals surface area contributed by atoms with Gasteiger partial charge in [0.15, 0.2) is 0 Å². The van der Waals surface area contributed by atoms with Gasteiger partial charge in [-0.05, 0) is 57.2 Å². The summed E-state index contributed by atoms with van der Waals surface area (Å²) >= 11 is 3.62. The molecule has 1 saturated heterocycles. The number of halogens is 1. The number of nitrogens with zero attached hydrogens (tertiary/aromatic N) is 5. The van der Waals surface area contributed by atoms with E-state index in [0.717, 1.165) is 50.5 Å². The van der Waals surface area contributed by atoms with Crippen molar-refractivity contribution in [2.45, 2.75) is 45.3 Å². The normalized spacial score (nSPS) is 14.8. The van der Waals surface area contributed by atoms with Crippen molar-refractivity contribution in [1.29, 1.82) is 0 Å². The number of carbonyl (C=O) groups is 1. The van der Waals surface area contributed by atoms with Crippen LogP contribution in [0.5, 0.6) is 0 Å². The van der Waals surface area contributed by atoms with Gasteiger partial charge in [0.25, 0.3) is 0 Å². The van der Waals surface area contributed by atoms with E-state index in [9.17, 15) is 4.79 Å². The van der Waals surface area contributed by atoms with Crippen molar-refractivity contribution in [3.63, 3.8) is 0 Å². The van der Waals surface area contributed by atoms with Gasteiger partial charge in [-0.15, -0.1) is 0 Å². The van der Waals surface area contributed by atoms with Crippen LogP contribution in [-0.4, -0.2) is 49.4 Å². The van der Waals surface area contributed by atoms with Crippen LogP contribution in [0.25, 0.3) is 33.2 Å². The van der Waals surface area contributed by atoms with E-state index in [4.69, 9.17) is 10.5 Å². The average Bonchev–Trinajstić information content (AvgIpc) is 3.34. The number of ether oxygens (including phenoxy) is 1. The lowest BCUT2D eigenvalue weighted by molar-refractivity contribution is 0.0185. The molecule has 1 aromatic carbocycles. The minimum absolute atomic E-state index is 0.221. The molecule has 0 atom stereocenters. The van der Waals surface area contributed by atoms with Gasteiger partial charge in [-0.2, -0.15) is 5.10 Å². The second-order valence-electron chi connectivity index (χ2n) is 10.1. The number of fused-ring (bicyclic) bond motifs is 1. The highest BCUT2D eigenvalue weighted by atomic mass is 79.9. The summed E-state index contributed by atoms with van der Waals surface area (Å²) in [5.74, 6) is 0.430. The molecule has 186 valence electrons. The fourth-order valence-electron chi connectivity index (χ4n) is 4.44. The first-order chi connectivity index (χ1) is 17.2. The number of carbonyl (C=O) groups excluding carboxylic acids is 1. The fraction of sp³-hybridized carbons (Fsp3) is 0.333. The fourth-order valence-corrected chi connectivity index (χ4v) is 4.94.